The van der Waals surface area contributed by atoms with E-state index in [0.29, 0.717) is 11.6 Å². The normalized spacial score (nSPS) is 26.9. The second kappa shape index (κ2) is 5.61. The van der Waals surface area contributed by atoms with Crippen molar-refractivity contribution in [2.45, 2.75) is 44.8 Å². The van der Waals surface area contributed by atoms with Gasteiger partial charge < -0.3 is 15.8 Å². The number of hydrogen-bond acceptors (Lipinski definition) is 3. The van der Waals surface area contributed by atoms with Gasteiger partial charge in [-0.3, -0.25) is 4.79 Å². The van der Waals surface area contributed by atoms with Crippen molar-refractivity contribution in [1.29, 1.82) is 0 Å². The van der Waals surface area contributed by atoms with E-state index in [2.05, 4.69) is 19.2 Å². The van der Waals surface area contributed by atoms with E-state index < -0.39 is 5.91 Å². The van der Waals surface area contributed by atoms with E-state index >= 15 is 0 Å². The number of nitrogens with one attached hydrogen (secondary N) is 1. The molecule has 0 bridgehead atoms. The molecule has 104 valence electrons. The van der Waals surface area contributed by atoms with Gasteiger partial charge in [-0.05, 0) is 50.5 Å². The minimum atomic E-state index is -0.392. The number of carbonyl (C=O) groups is 1. The number of ether oxygens (including phenoxy) is 1. The monoisotopic (exact) mass is 262 g/mol. The van der Waals surface area contributed by atoms with E-state index in [-0.39, 0.29) is 5.60 Å². The van der Waals surface area contributed by atoms with E-state index in [1.165, 1.54) is 0 Å². The Morgan fingerprint density at radius 1 is 1.47 bits per heavy atom. The average Bonchev–Trinajstić information content (AvgIpc) is 2.39. The Hall–Kier alpha value is -1.55. The SMILES string of the molecule is CCC1(C)CC(Nc2ccc(C(N)=O)cc2)CCO1. The summed E-state index contributed by atoms with van der Waals surface area (Å²) in [6.45, 7) is 5.11. The molecule has 0 spiro atoms. The lowest BCUT2D eigenvalue weighted by molar-refractivity contribution is -0.0708. The maximum Gasteiger partial charge on any atom is 0.248 e. The van der Waals surface area contributed by atoms with Crippen molar-refractivity contribution in [3.8, 4) is 0 Å². The first kappa shape index (κ1) is 13.9. The summed E-state index contributed by atoms with van der Waals surface area (Å²) in [4.78, 5) is 11.0. The molecular weight excluding hydrogens is 240 g/mol. The lowest BCUT2D eigenvalue weighted by Crippen LogP contribution is -2.41. The van der Waals surface area contributed by atoms with Crippen LogP contribution < -0.4 is 11.1 Å². The van der Waals surface area contributed by atoms with Crippen molar-refractivity contribution in [3.05, 3.63) is 29.8 Å². The molecule has 2 rings (SSSR count). The number of amides is 1. The summed E-state index contributed by atoms with van der Waals surface area (Å²) in [6.07, 6.45) is 3.03. The van der Waals surface area contributed by atoms with E-state index in [9.17, 15) is 4.79 Å². The lowest BCUT2D eigenvalue weighted by Gasteiger charge is -2.38. The Morgan fingerprint density at radius 2 is 2.16 bits per heavy atom. The Kier molecular flexibility index (Phi) is 4.10. The van der Waals surface area contributed by atoms with Gasteiger partial charge in [0.05, 0.1) is 5.60 Å². The highest BCUT2D eigenvalue weighted by Crippen LogP contribution is 2.29. The quantitative estimate of drug-likeness (QED) is 0.876. The van der Waals surface area contributed by atoms with Gasteiger partial charge in [0.2, 0.25) is 5.91 Å². The molecule has 1 aromatic carbocycles. The number of benzene rings is 1. The first-order valence-corrected chi connectivity index (χ1v) is 6.83. The van der Waals surface area contributed by atoms with Crippen molar-refractivity contribution >= 4 is 11.6 Å². The van der Waals surface area contributed by atoms with Crippen molar-refractivity contribution in [1.82, 2.24) is 0 Å². The molecule has 2 unspecified atom stereocenters. The summed E-state index contributed by atoms with van der Waals surface area (Å²) < 4.78 is 5.83. The van der Waals surface area contributed by atoms with Crippen molar-refractivity contribution in [2.75, 3.05) is 11.9 Å². The molecule has 1 aliphatic heterocycles. The van der Waals surface area contributed by atoms with Crippen LogP contribution in [0, 0.1) is 0 Å². The molecule has 1 saturated heterocycles. The van der Waals surface area contributed by atoms with Crippen LogP contribution >= 0.6 is 0 Å². The summed E-state index contributed by atoms with van der Waals surface area (Å²) in [5.41, 5.74) is 6.76. The Morgan fingerprint density at radius 3 is 2.74 bits per heavy atom. The van der Waals surface area contributed by atoms with Crippen LogP contribution in [0.5, 0.6) is 0 Å². The molecule has 4 heteroatoms. The van der Waals surface area contributed by atoms with E-state index in [1.807, 2.05) is 12.1 Å². The molecule has 19 heavy (non-hydrogen) atoms. The molecule has 3 N–H and O–H groups in total. The van der Waals surface area contributed by atoms with Crippen molar-refractivity contribution < 1.29 is 9.53 Å². The van der Waals surface area contributed by atoms with Crippen molar-refractivity contribution in [3.63, 3.8) is 0 Å². The highest BCUT2D eigenvalue weighted by molar-refractivity contribution is 5.93. The zero-order chi connectivity index (χ0) is 13.9. The average molecular weight is 262 g/mol. The maximum atomic E-state index is 11.0. The number of rotatable bonds is 4. The zero-order valence-corrected chi connectivity index (χ0v) is 11.6. The molecule has 1 aliphatic rings. The topological polar surface area (TPSA) is 64.3 Å². The van der Waals surface area contributed by atoms with Gasteiger partial charge in [0, 0.05) is 23.9 Å². The highest BCUT2D eigenvalue weighted by Gasteiger charge is 2.31. The van der Waals surface area contributed by atoms with Gasteiger partial charge in [-0.25, -0.2) is 0 Å². The first-order valence-electron chi connectivity index (χ1n) is 6.83. The number of nitrogens with two attached hydrogens (primary N) is 1. The maximum absolute atomic E-state index is 11.0. The molecule has 0 aliphatic carbocycles. The molecule has 0 saturated carbocycles. The third kappa shape index (κ3) is 3.47. The standard InChI is InChI=1S/C15H22N2O2/c1-3-15(2)10-13(8-9-19-15)17-12-6-4-11(5-7-12)14(16)18/h4-7,13,17H,3,8-10H2,1-2H3,(H2,16,18). The molecule has 2 atom stereocenters. The Balaban J connectivity index is 1.99. The minimum Gasteiger partial charge on any atom is -0.382 e. The largest absolute Gasteiger partial charge is 0.382 e. The van der Waals surface area contributed by atoms with Gasteiger partial charge in [-0.2, -0.15) is 0 Å². The second-order valence-corrected chi connectivity index (χ2v) is 5.43. The van der Waals surface area contributed by atoms with Gasteiger partial charge in [-0.15, -0.1) is 0 Å². The number of carbonyl (C=O) groups excluding carboxylic acids is 1. The third-order valence-electron chi connectivity index (χ3n) is 3.88. The van der Waals surface area contributed by atoms with Gasteiger partial charge in [0.25, 0.3) is 0 Å². The minimum absolute atomic E-state index is 0.0247. The van der Waals surface area contributed by atoms with E-state index in [1.54, 1.807) is 12.1 Å². The van der Waals surface area contributed by atoms with Crippen LogP contribution in [-0.4, -0.2) is 24.2 Å². The van der Waals surface area contributed by atoms with E-state index in [0.717, 1.165) is 31.6 Å². The zero-order valence-electron chi connectivity index (χ0n) is 11.6. The summed E-state index contributed by atoms with van der Waals surface area (Å²) in [6, 6.07) is 7.72. The van der Waals surface area contributed by atoms with Crippen molar-refractivity contribution in [2.24, 2.45) is 5.73 Å². The van der Waals surface area contributed by atoms with Crippen LogP contribution in [-0.2, 0) is 4.74 Å². The summed E-state index contributed by atoms with van der Waals surface area (Å²) >= 11 is 0. The number of anilines is 1. The van der Waals surface area contributed by atoms with Gasteiger partial charge in [0.1, 0.15) is 0 Å². The van der Waals surface area contributed by atoms with Gasteiger partial charge in [-0.1, -0.05) is 6.92 Å². The lowest BCUT2D eigenvalue weighted by atomic mass is 9.90. The summed E-state index contributed by atoms with van der Waals surface area (Å²) in [7, 11) is 0. The van der Waals surface area contributed by atoms with Crippen LogP contribution in [0.1, 0.15) is 43.5 Å². The summed E-state index contributed by atoms with van der Waals surface area (Å²) in [5.74, 6) is -0.392. The summed E-state index contributed by atoms with van der Waals surface area (Å²) in [5, 5.41) is 3.50. The molecular formula is C15H22N2O2. The van der Waals surface area contributed by atoms with Gasteiger partial charge >= 0.3 is 0 Å². The van der Waals surface area contributed by atoms with Crippen LogP contribution in [0.25, 0.3) is 0 Å². The highest BCUT2D eigenvalue weighted by atomic mass is 16.5. The fraction of sp³-hybridized carbons (Fsp3) is 0.533. The predicted octanol–water partition coefficient (Wildman–Crippen LogP) is 2.55. The fourth-order valence-corrected chi connectivity index (χ4v) is 2.47. The fourth-order valence-electron chi connectivity index (χ4n) is 2.47. The molecule has 1 heterocycles. The molecule has 1 fully saturated rings. The van der Waals surface area contributed by atoms with E-state index in [4.69, 9.17) is 10.5 Å². The number of hydrogen-bond donors (Lipinski definition) is 2. The van der Waals surface area contributed by atoms with Crippen LogP contribution in [0.3, 0.4) is 0 Å². The Labute approximate surface area is 114 Å². The first-order chi connectivity index (χ1) is 9.02. The van der Waals surface area contributed by atoms with Crippen LogP contribution in [0.2, 0.25) is 0 Å². The molecule has 1 amide bonds. The molecule has 0 aromatic heterocycles. The van der Waals surface area contributed by atoms with Crippen LogP contribution in [0.4, 0.5) is 5.69 Å². The predicted molar refractivity (Wildman–Crippen MR) is 76.3 cm³/mol. The number of primary amides is 1. The molecule has 0 radical (unpaired) electrons. The molecule has 4 nitrogen and oxygen atoms in total. The van der Waals surface area contributed by atoms with Crippen LogP contribution in [0.15, 0.2) is 24.3 Å². The second-order valence-electron chi connectivity index (χ2n) is 5.43. The third-order valence-corrected chi connectivity index (χ3v) is 3.88. The smallest absolute Gasteiger partial charge is 0.248 e. The Bertz CT molecular complexity index is 444. The van der Waals surface area contributed by atoms with Gasteiger partial charge in [0.15, 0.2) is 0 Å². The molecule has 1 aromatic rings.